The molecule has 1 heterocycles. The normalized spacial score (nSPS) is 18.4. The van der Waals surface area contributed by atoms with Crippen LogP contribution in [0.3, 0.4) is 0 Å². The number of halogens is 4. The smallest absolute Gasteiger partial charge is 0.475 e. The van der Waals surface area contributed by atoms with E-state index in [2.05, 4.69) is 15.0 Å². The van der Waals surface area contributed by atoms with E-state index in [1.54, 1.807) is 10.9 Å². The van der Waals surface area contributed by atoms with Gasteiger partial charge in [-0.15, -0.1) is 5.10 Å². The highest BCUT2D eigenvalue weighted by Crippen LogP contribution is 2.37. The third-order valence-electron chi connectivity index (χ3n) is 4.23. The summed E-state index contributed by atoms with van der Waals surface area (Å²) in [6.07, 6.45) is -2.33. The molecule has 0 spiro atoms. The highest BCUT2D eigenvalue weighted by molar-refractivity contribution is 7.90. The number of aromatic nitrogens is 3. The van der Waals surface area contributed by atoms with Crippen molar-refractivity contribution >= 4 is 33.5 Å². The van der Waals surface area contributed by atoms with Crippen molar-refractivity contribution in [3.8, 4) is 0 Å². The van der Waals surface area contributed by atoms with Gasteiger partial charge in [0.1, 0.15) is 0 Å². The van der Waals surface area contributed by atoms with Crippen LogP contribution >= 0.6 is 11.6 Å². The molecule has 1 aromatic carbocycles. The number of benzene rings is 1. The summed E-state index contributed by atoms with van der Waals surface area (Å²) >= 11 is 5.73. The lowest BCUT2D eigenvalue weighted by molar-refractivity contribution is -0.192. The number of amides is 1. The van der Waals surface area contributed by atoms with E-state index in [1.807, 2.05) is 0 Å². The van der Waals surface area contributed by atoms with Crippen LogP contribution in [0.5, 0.6) is 0 Å². The van der Waals surface area contributed by atoms with Gasteiger partial charge < -0.3 is 10.8 Å². The van der Waals surface area contributed by atoms with Crippen molar-refractivity contribution < 1.29 is 36.3 Å². The molecular formula is C16H17ClF3N5O5S. The lowest BCUT2D eigenvalue weighted by atomic mass is 9.80. The Hall–Kier alpha value is -2.71. The van der Waals surface area contributed by atoms with Gasteiger partial charge >= 0.3 is 12.1 Å². The Bertz CT molecular complexity index is 1040. The van der Waals surface area contributed by atoms with E-state index in [9.17, 15) is 26.4 Å². The molecule has 1 amide bonds. The summed E-state index contributed by atoms with van der Waals surface area (Å²) in [5.74, 6) is -3.64. The molecule has 1 aromatic heterocycles. The molecule has 31 heavy (non-hydrogen) atoms. The molecule has 15 heteroatoms. The summed E-state index contributed by atoms with van der Waals surface area (Å²) in [5, 5.41) is 15.4. The molecule has 0 radical (unpaired) electrons. The Kier molecular flexibility index (Phi) is 7.62. The molecule has 1 aliphatic rings. The van der Waals surface area contributed by atoms with Crippen LogP contribution in [0.4, 0.5) is 13.2 Å². The van der Waals surface area contributed by atoms with Crippen molar-refractivity contribution in [2.75, 3.05) is 0 Å². The first-order chi connectivity index (χ1) is 14.3. The fraction of sp³-hybridized carbons (Fsp3) is 0.375. The van der Waals surface area contributed by atoms with Crippen LogP contribution in [0, 0.1) is 5.92 Å². The van der Waals surface area contributed by atoms with Gasteiger partial charge in [-0.1, -0.05) is 16.8 Å². The third kappa shape index (κ3) is 6.63. The van der Waals surface area contributed by atoms with Crippen molar-refractivity contribution in [1.82, 2.24) is 19.7 Å². The Morgan fingerprint density at radius 1 is 1.26 bits per heavy atom. The zero-order valence-electron chi connectivity index (χ0n) is 15.6. The minimum Gasteiger partial charge on any atom is -0.475 e. The molecule has 3 rings (SSSR count). The number of nitrogens with one attached hydrogen (secondary N) is 1. The van der Waals surface area contributed by atoms with E-state index >= 15 is 0 Å². The maximum atomic E-state index is 12.2. The average Bonchev–Trinajstić information content (AvgIpc) is 3.08. The molecule has 10 nitrogen and oxygen atoms in total. The molecule has 0 bridgehead atoms. The molecule has 170 valence electrons. The number of carboxylic acids is 1. The highest BCUT2D eigenvalue weighted by Gasteiger charge is 2.38. The van der Waals surface area contributed by atoms with Crippen LogP contribution < -0.4 is 10.5 Å². The first-order valence-electron chi connectivity index (χ1n) is 8.56. The maximum Gasteiger partial charge on any atom is 0.490 e. The summed E-state index contributed by atoms with van der Waals surface area (Å²) < 4.78 is 59.9. The van der Waals surface area contributed by atoms with E-state index in [0.717, 1.165) is 0 Å². The number of rotatable bonds is 5. The van der Waals surface area contributed by atoms with Gasteiger partial charge in [0, 0.05) is 17.5 Å². The zero-order chi connectivity index (χ0) is 23.4. The number of carboxylic acid groups (broad SMARTS) is 1. The molecule has 2 aromatic rings. The number of carbonyl (C=O) groups excluding carboxylic acids is 1. The number of aliphatic carboxylic acids is 1. The van der Waals surface area contributed by atoms with Gasteiger partial charge in [-0.3, -0.25) is 4.79 Å². The Morgan fingerprint density at radius 2 is 1.81 bits per heavy atom. The van der Waals surface area contributed by atoms with E-state index in [4.69, 9.17) is 27.2 Å². The Labute approximate surface area is 179 Å². The SMILES string of the molecule is NCc1cn(C2CC(C(=O)NS(=O)(=O)c3ccc(Cl)cc3)C2)nn1.O=C(O)C(F)(F)F. The van der Waals surface area contributed by atoms with E-state index < -0.39 is 28.1 Å². The van der Waals surface area contributed by atoms with Gasteiger partial charge in [-0.2, -0.15) is 13.2 Å². The Morgan fingerprint density at radius 3 is 2.26 bits per heavy atom. The molecule has 0 aliphatic heterocycles. The second kappa shape index (κ2) is 9.62. The molecular weight excluding hydrogens is 467 g/mol. The first-order valence-corrected chi connectivity index (χ1v) is 10.4. The zero-order valence-corrected chi connectivity index (χ0v) is 17.2. The van der Waals surface area contributed by atoms with Crippen LogP contribution in [0.1, 0.15) is 24.6 Å². The second-order valence-corrected chi connectivity index (χ2v) is 8.56. The van der Waals surface area contributed by atoms with E-state index in [1.165, 1.54) is 24.3 Å². The molecule has 0 saturated heterocycles. The lowest BCUT2D eigenvalue weighted by Crippen LogP contribution is -2.42. The summed E-state index contributed by atoms with van der Waals surface area (Å²) in [6.45, 7) is 0.302. The van der Waals surface area contributed by atoms with Crippen LogP contribution in [0.15, 0.2) is 35.4 Å². The minimum atomic E-state index is -5.08. The van der Waals surface area contributed by atoms with Crippen molar-refractivity contribution in [2.24, 2.45) is 11.7 Å². The van der Waals surface area contributed by atoms with Crippen molar-refractivity contribution in [1.29, 1.82) is 0 Å². The van der Waals surface area contributed by atoms with Crippen LogP contribution in [-0.2, 0) is 26.2 Å². The number of sulfonamides is 1. The molecule has 0 unspecified atom stereocenters. The van der Waals surface area contributed by atoms with Crippen molar-refractivity contribution in [3.63, 3.8) is 0 Å². The average molecular weight is 484 g/mol. The number of nitrogens with two attached hydrogens (primary N) is 1. The van der Waals surface area contributed by atoms with Crippen LogP contribution in [0.25, 0.3) is 0 Å². The molecule has 0 atom stereocenters. The first kappa shape index (κ1) is 24.6. The number of hydrogen-bond donors (Lipinski definition) is 3. The lowest BCUT2D eigenvalue weighted by Gasteiger charge is -2.33. The minimum absolute atomic E-state index is 0.0000117. The maximum absolute atomic E-state index is 12.2. The predicted molar refractivity (Wildman–Crippen MR) is 100 cm³/mol. The van der Waals surface area contributed by atoms with Gasteiger partial charge in [0.2, 0.25) is 5.91 Å². The molecule has 1 aliphatic carbocycles. The van der Waals surface area contributed by atoms with E-state index in [-0.39, 0.29) is 16.9 Å². The van der Waals surface area contributed by atoms with Gasteiger partial charge in [0.25, 0.3) is 10.0 Å². The van der Waals surface area contributed by atoms with E-state index in [0.29, 0.717) is 30.1 Å². The largest absolute Gasteiger partial charge is 0.490 e. The number of nitrogens with zero attached hydrogens (tertiary/aromatic N) is 3. The predicted octanol–water partition coefficient (Wildman–Crippen LogP) is 1.48. The standard InChI is InChI=1S/C14H16ClN5O3S.C2HF3O2/c15-10-1-3-13(4-2-10)24(22,23)18-14(21)9-5-12(6-9)20-8-11(7-16)17-19-20;3-2(4,5)1(6)7/h1-4,8-9,12H,5-7,16H2,(H,18,21);(H,6,7). The number of carbonyl (C=O) groups is 2. The molecule has 1 fully saturated rings. The third-order valence-corrected chi connectivity index (χ3v) is 5.84. The number of alkyl halides is 3. The summed E-state index contributed by atoms with van der Waals surface area (Å²) in [4.78, 5) is 21.0. The monoisotopic (exact) mass is 483 g/mol. The van der Waals surface area contributed by atoms with Crippen LogP contribution in [0.2, 0.25) is 5.02 Å². The van der Waals surface area contributed by atoms with Gasteiger partial charge in [-0.25, -0.2) is 22.6 Å². The fourth-order valence-electron chi connectivity index (χ4n) is 2.49. The summed E-state index contributed by atoms with van der Waals surface area (Å²) in [7, 11) is -3.89. The second-order valence-electron chi connectivity index (χ2n) is 6.44. The molecule has 1 saturated carbocycles. The summed E-state index contributed by atoms with van der Waals surface area (Å²) in [6, 6.07) is 5.66. The van der Waals surface area contributed by atoms with Gasteiger partial charge in [-0.05, 0) is 37.1 Å². The number of hydrogen-bond acceptors (Lipinski definition) is 7. The molecule has 4 N–H and O–H groups in total. The van der Waals surface area contributed by atoms with Gasteiger partial charge in [0.05, 0.1) is 22.8 Å². The van der Waals surface area contributed by atoms with Crippen molar-refractivity contribution in [3.05, 3.63) is 41.2 Å². The van der Waals surface area contributed by atoms with Crippen molar-refractivity contribution in [2.45, 2.75) is 36.5 Å². The Balaban J connectivity index is 0.000000423. The summed E-state index contributed by atoms with van der Waals surface area (Å²) in [5.41, 5.74) is 6.15. The topological polar surface area (TPSA) is 157 Å². The van der Waals surface area contributed by atoms with Crippen LogP contribution in [-0.4, -0.2) is 46.6 Å². The van der Waals surface area contributed by atoms with Gasteiger partial charge in [0.15, 0.2) is 0 Å². The highest BCUT2D eigenvalue weighted by atomic mass is 35.5. The fourth-order valence-corrected chi connectivity index (χ4v) is 3.66. The quantitative estimate of drug-likeness (QED) is 0.577.